The van der Waals surface area contributed by atoms with Crippen LogP contribution >= 0.6 is 0 Å². The number of aliphatic carboxylic acids is 3. The third kappa shape index (κ3) is 10.9. The van der Waals surface area contributed by atoms with Gasteiger partial charge in [-0.3, -0.25) is 24.0 Å². The fraction of sp³-hybridized carbons (Fsp3) is 0.478. The van der Waals surface area contributed by atoms with Crippen LogP contribution in [0.5, 0.6) is 5.75 Å². The number of nitrogens with two attached hydrogens (primary N) is 1. The van der Waals surface area contributed by atoms with Gasteiger partial charge >= 0.3 is 17.9 Å². The zero-order chi connectivity index (χ0) is 28.3. The van der Waals surface area contributed by atoms with E-state index in [4.69, 9.17) is 15.9 Å². The minimum atomic E-state index is -1.80. The van der Waals surface area contributed by atoms with E-state index in [0.29, 0.717) is 5.56 Å². The number of carboxylic acid groups (broad SMARTS) is 3. The molecule has 204 valence electrons. The van der Waals surface area contributed by atoms with Gasteiger partial charge in [0.25, 0.3) is 0 Å². The number of phenols is 1. The number of rotatable bonds is 15. The van der Waals surface area contributed by atoms with Gasteiger partial charge in [-0.25, -0.2) is 4.79 Å². The molecule has 0 heterocycles. The van der Waals surface area contributed by atoms with E-state index in [2.05, 4.69) is 16.0 Å². The van der Waals surface area contributed by atoms with Gasteiger partial charge in [0.2, 0.25) is 17.7 Å². The van der Waals surface area contributed by atoms with Crippen LogP contribution in [-0.4, -0.2) is 80.2 Å². The Morgan fingerprint density at radius 1 is 0.784 bits per heavy atom. The topological polar surface area (TPSA) is 245 Å². The van der Waals surface area contributed by atoms with E-state index < -0.39 is 72.6 Å². The number of aromatic hydroxyl groups is 1. The quantitative estimate of drug-likeness (QED) is 0.135. The zero-order valence-corrected chi connectivity index (χ0v) is 20.3. The highest BCUT2D eigenvalue weighted by Crippen LogP contribution is 2.12. The maximum Gasteiger partial charge on any atom is 0.326 e. The molecule has 0 fully saturated rings. The fourth-order valence-electron chi connectivity index (χ4n) is 3.10. The van der Waals surface area contributed by atoms with Gasteiger partial charge in [-0.2, -0.15) is 0 Å². The predicted molar refractivity (Wildman–Crippen MR) is 127 cm³/mol. The predicted octanol–water partition coefficient (Wildman–Crippen LogP) is -1.20. The van der Waals surface area contributed by atoms with Crippen molar-refractivity contribution in [2.75, 3.05) is 0 Å². The lowest BCUT2D eigenvalue weighted by Gasteiger charge is -2.25. The minimum Gasteiger partial charge on any atom is -0.508 e. The molecular formula is C23H32N4O10. The summed E-state index contributed by atoms with van der Waals surface area (Å²) in [5.41, 5.74) is 6.24. The lowest BCUT2D eigenvalue weighted by atomic mass is 10.0. The molecule has 14 nitrogen and oxygen atoms in total. The number of hydrogen-bond acceptors (Lipinski definition) is 8. The molecule has 1 rings (SSSR count). The highest BCUT2D eigenvalue weighted by molar-refractivity contribution is 5.95. The molecule has 14 heteroatoms. The Balaban J connectivity index is 3.20. The number of nitrogens with one attached hydrogen (secondary N) is 3. The first-order chi connectivity index (χ1) is 17.2. The summed E-state index contributed by atoms with van der Waals surface area (Å²) in [5.74, 6) is -7.38. The second-order valence-electron chi connectivity index (χ2n) is 8.69. The summed E-state index contributed by atoms with van der Waals surface area (Å²) in [7, 11) is 0. The van der Waals surface area contributed by atoms with Gasteiger partial charge < -0.3 is 42.1 Å². The first-order valence-corrected chi connectivity index (χ1v) is 11.3. The molecule has 0 aliphatic heterocycles. The smallest absolute Gasteiger partial charge is 0.326 e. The lowest BCUT2D eigenvalue weighted by Crippen LogP contribution is -2.58. The van der Waals surface area contributed by atoms with Crippen molar-refractivity contribution in [3.8, 4) is 5.75 Å². The van der Waals surface area contributed by atoms with Crippen molar-refractivity contribution in [1.29, 1.82) is 0 Å². The molecule has 37 heavy (non-hydrogen) atoms. The van der Waals surface area contributed by atoms with Crippen molar-refractivity contribution in [3.05, 3.63) is 29.8 Å². The largest absolute Gasteiger partial charge is 0.508 e. The molecule has 0 saturated carbocycles. The molecule has 4 atom stereocenters. The summed E-state index contributed by atoms with van der Waals surface area (Å²) in [5, 5.41) is 43.5. The number of amides is 3. The van der Waals surface area contributed by atoms with Gasteiger partial charge in [-0.05, 0) is 30.0 Å². The van der Waals surface area contributed by atoms with Crippen molar-refractivity contribution >= 4 is 35.6 Å². The second-order valence-corrected chi connectivity index (χ2v) is 8.69. The molecule has 0 aromatic heterocycles. The summed E-state index contributed by atoms with van der Waals surface area (Å²) in [4.78, 5) is 71.8. The van der Waals surface area contributed by atoms with E-state index in [1.54, 1.807) is 13.8 Å². The molecular weight excluding hydrogens is 492 g/mol. The van der Waals surface area contributed by atoms with Crippen molar-refractivity contribution in [2.45, 2.75) is 63.7 Å². The van der Waals surface area contributed by atoms with Crippen LogP contribution in [0.3, 0.4) is 0 Å². The summed E-state index contributed by atoms with van der Waals surface area (Å²) in [6.07, 6.45) is -1.96. The SMILES string of the molecule is CC(C)C(N)C(=O)NC(CCC(=O)O)C(=O)NC(Cc1ccc(O)cc1)C(=O)NC(CC(=O)O)C(=O)O. The molecule has 9 N–H and O–H groups in total. The summed E-state index contributed by atoms with van der Waals surface area (Å²) < 4.78 is 0. The molecule has 0 spiro atoms. The van der Waals surface area contributed by atoms with E-state index in [9.17, 15) is 39.0 Å². The van der Waals surface area contributed by atoms with Gasteiger partial charge in [-0.1, -0.05) is 26.0 Å². The van der Waals surface area contributed by atoms with Crippen LogP contribution in [0.15, 0.2) is 24.3 Å². The van der Waals surface area contributed by atoms with Crippen molar-refractivity contribution in [3.63, 3.8) is 0 Å². The van der Waals surface area contributed by atoms with E-state index in [1.165, 1.54) is 24.3 Å². The Morgan fingerprint density at radius 2 is 1.30 bits per heavy atom. The third-order valence-electron chi connectivity index (χ3n) is 5.30. The van der Waals surface area contributed by atoms with Gasteiger partial charge in [0.05, 0.1) is 12.5 Å². The zero-order valence-electron chi connectivity index (χ0n) is 20.3. The van der Waals surface area contributed by atoms with Gasteiger partial charge in [-0.15, -0.1) is 0 Å². The standard InChI is InChI=1S/C23H32N4O10/c1-11(2)19(24)22(35)25-14(7-8-17(29)30)20(33)26-15(9-12-3-5-13(28)6-4-12)21(34)27-16(23(36)37)10-18(31)32/h3-6,11,14-16,19,28H,7-10,24H2,1-2H3,(H,25,35)(H,26,33)(H,27,34)(H,29,30)(H,31,32)(H,36,37). The number of hydrogen-bond donors (Lipinski definition) is 8. The maximum absolute atomic E-state index is 13.1. The Labute approximate surface area is 212 Å². The summed E-state index contributed by atoms with van der Waals surface area (Å²) in [6, 6.07) is -0.106. The number of carboxylic acids is 3. The number of carbonyl (C=O) groups is 6. The van der Waals surface area contributed by atoms with Crippen LogP contribution in [0.1, 0.15) is 38.7 Å². The fourth-order valence-corrected chi connectivity index (χ4v) is 3.10. The lowest BCUT2D eigenvalue weighted by molar-refractivity contribution is -0.147. The molecule has 0 radical (unpaired) electrons. The van der Waals surface area contributed by atoms with Crippen LogP contribution in [0, 0.1) is 5.92 Å². The normalized spacial score (nSPS) is 14.1. The Hall–Kier alpha value is -4.20. The molecule has 3 amide bonds. The highest BCUT2D eigenvalue weighted by atomic mass is 16.4. The van der Waals surface area contributed by atoms with E-state index in [0.717, 1.165) is 0 Å². The first kappa shape index (κ1) is 30.8. The molecule has 1 aromatic carbocycles. The third-order valence-corrected chi connectivity index (χ3v) is 5.30. The van der Waals surface area contributed by atoms with Gasteiger partial charge in [0, 0.05) is 12.8 Å². The minimum absolute atomic E-state index is 0.0703. The van der Waals surface area contributed by atoms with Gasteiger partial charge in [0.15, 0.2) is 0 Å². The van der Waals surface area contributed by atoms with Crippen LogP contribution < -0.4 is 21.7 Å². The highest BCUT2D eigenvalue weighted by Gasteiger charge is 2.32. The molecule has 0 bridgehead atoms. The van der Waals surface area contributed by atoms with Crippen LogP contribution in [0.25, 0.3) is 0 Å². The second kappa shape index (κ2) is 14.4. The van der Waals surface area contributed by atoms with Crippen molar-refractivity contribution < 1.29 is 49.2 Å². The maximum atomic E-state index is 13.1. The van der Waals surface area contributed by atoms with Crippen molar-refractivity contribution in [1.82, 2.24) is 16.0 Å². The molecule has 0 aliphatic carbocycles. The molecule has 4 unspecified atom stereocenters. The first-order valence-electron chi connectivity index (χ1n) is 11.3. The van der Waals surface area contributed by atoms with Crippen LogP contribution in [0.4, 0.5) is 0 Å². The Bertz CT molecular complexity index is 996. The van der Waals surface area contributed by atoms with Crippen molar-refractivity contribution in [2.24, 2.45) is 11.7 Å². The number of phenolic OH excluding ortho intramolecular Hbond substituents is 1. The van der Waals surface area contributed by atoms with E-state index in [-0.39, 0.29) is 24.5 Å². The molecule has 0 saturated heterocycles. The Kier molecular flexibility index (Phi) is 12.0. The number of carbonyl (C=O) groups excluding carboxylic acids is 3. The van der Waals surface area contributed by atoms with Gasteiger partial charge in [0.1, 0.15) is 23.9 Å². The summed E-state index contributed by atoms with van der Waals surface area (Å²) in [6.45, 7) is 3.34. The van der Waals surface area contributed by atoms with Crippen LogP contribution in [-0.2, 0) is 35.2 Å². The average Bonchev–Trinajstić information content (AvgIpc) is 2.80. The number of benzene rings is 1. The monoisotopic (exact) mass is 524 g/mol. The van der Waals surface area contributed by atoms with Crippen LogP contribution in [0.2, 0.25) is 0 Å². The average molecular weight is 525 g/mol. The molecule has 0 aliphatic rings. The van der Waals surface area contributed by atoms with E-state index in [1.807, 2.05) is 0 Å². The van der Waals surface area contributed by atoms with E-state index >= 15 is 0 Å². The Morgan fingerprint density at radius 3 is 1.78 bits per heavy atom. The summed E-state index contributed by atoms with van der Waals surface area (Å²) >= 11 is 0. The molecule has 1 aromatic rings.